The largest absolute Gasteiger partial charge is 0.249 e. The van der Waals surface area contributed by atoms with Gasteiger partial charge in [-0.1, -0.05) is 30.4 Å². The third kappa shape index (κ3) is 2.17. The van der Waals surface area contributed by atoms with E-state index in [-0.39, 0.29) is 30.1 Å². The van der Waals surface area contributed by atoms with Gasteiger partial charge in [-0.15, -0.1) is 0 Å². The molecule has 0 aromatic carbocycles. The molecule has 2 unspecified atom stereocenters. The lowest BCUT2D eigenvalue weighted by molar-refractivity contribution is -0.0573. The van der Waals surface area contributed by atoms with Crippen LogP contribution in [0.15, 0.2) is 36.0 Å². The lowest BCUT2D eigenvalue weighted by atomic mass is 9.79. The Morgan fingerprint density at radius 2 is 1.94 bits per heavy atom. The van der Waals surface area contributed by atoms with Crippen LogP contribution in [0.1, 0.15) is 39.0 Å². The van der Waals surface area contributed by atoms with E-state index in [0.717, 1.165) is 6.42 Å². The summed E-state index contributed by atoms with van der Waals surface area (Å²) in [5.74, 6) is -2.35. The van der Waals surface area contributed by atoms with Crippen molar-refractivity contribution in [1.82, 2.24) is 0 Å². The van der Waals surface area contributed by atoms with Crippen molar-refractivity contribution in [3.8, 4) is 0 Å². The topological polar surface area (TPSA) is 0 Å². The van der Waals surface area contributed by atoms with Gasteiger partial charge in [0.25, 0.3) is 0 Å². The molecular weight excluding hydrogens is 230 g/mol. The number of allylic oxidation sites excluding steroid dienone is 6. The third-order valence-corrected chi connectivity index (χ3v) is 4.54. The first-order chi connectivity index (χ1) is 8.53. The predicted octanol–water partition coefficient (Wildman–Crippen LogP) is 4.89. The Balaban J connectivity index is 1.89. The number of alkyl halides is 2. The highest BCUT2D eigenvalue weighted by atomic mass is 19.3. The molecule has 0 amide bonds. The van der Waals surface area contributed by atoms with Gasteiger partial charge in [-0.25, -0.2) is 8.78 Å². The quantitative estimate of drug-likeness (QED) is 0.612. The molecule has 3 aliphatic carbocycles. The second-order valence-corrected chi connectivity index (χ2v) is 6.16. The smallest absolute Gasteiger partial charge is 0.207 e. The highest BCUT2D eigenvalue weighted by Crippen LogP contribution is 2.55. The Labute approximate surface area is 107 Å². The predicted molar refractivity (Wildman–Crippen MR) is 69.5 cm³/mol. The average Bonchev–Trinajstić information content (AvgIpc) is 3.03. The summed E-state index contributed by atoms with van der Waals surface area (Å²) in [7, 11) is 0. The molecule has 2 atom stereocenters. The molecular formula is C16H20F2. The molecule has 0 aromatic heterocycles. The van der Waals surface area contributed by atoms with Gasteiger partial charge in [-0.05, 0) is 43.6 Å². The maximum atomic E-state index is 13.6. The normalized spacial score (nSPS) is 36.3. The molecule has 0 radical (unpaired) electrons. The average molecular weight is 250 g/mol. The summed E-state index contributed by atoms with van der Waals surface area (Å²) in [4.78, 5) is 0. The summed E-state index contributed by atoms with van der Waals surface area (Å²) < 4.78 is 27.2. The molecule has 2 saturated carbocycles. The Bertz CT molecular complexity index is 424. The lowest BCUT2D eigenvalue weighted by Gasteiger charge is -2.31. The fourth-order valence-electron chi connectivity index (χ4n) is 3.57. The minimum atomic E-state index is -2.47. The van der Waals surface area contributed by atoms with Crippen LogP contribution in [0.5, 0.6) is 0 Å². The van der Waals surface area contributed by atoms with Crippen LogP contribution in [0, 0.1) is 17.3 Å². The van der Waals surface area contributed by atoms with Gasteiger partial charge >= 0.3 is 0 Å². The fraction of sp³-hybridized carbons (Fsp3) is 0.625. The van der Waals surface area contributed by atoms with Crippen LogP contribution in [-0.2, 0) is 0 Å². The summed E-state index contributed by atoms with van der Waals surface area (Å²) in [6, 6.07) is 0. The molecule has 18 heavy (non-hydrogen) atoms. The summed E-state index contributed by atoms with van der Waals surface area (Å²) >= 11 is 0. The molecule has 3 aliphatic rings. The van der Waals surface area contributed by atoms with Gasteiger partial charge in [0.1, 0.15) is 0 Å². The van der Waals surface area contributed by atoms with Crippen molar-refractivity contribution >= 4 is 0 Å². The van der Waals surface area contributed by atoms with E-state index in [1.807, 2.05) is 13.0 Å². The van der Waals surface area contributed by atoms with Gasteiger partial charge in [0.15, 0.2) is 0 Å². The Hall–Kier alpha value is -0.920. The zero-order valence-corrected chi connectivity index (χ0v) is 10.8. The van der Waals surface area contributed by atoms with Crippen LogP contribution in [0.25, 0.3) is 0 Å². The number of hydrogen-bond donors (Lipinski definition) is 0. The van der Waals surface area contributed by atoms with E-state index in [9.17, 15) is 8.78 Å². The van der Waals surface area contributed by atoms with Crippen molar-refractivity contribution in [3.05, 3.63) is 36.0 Å². The van der Waals surface area contributed by atoms with Gasteiger partial charge < -0.3 is 0 Å². The van der Waals surface area contributed by atoms with Gasteiger partial charge in [0, 0.05) is 18.3 Å². The van der Waals surface area contributed by atoms with Gasteiger partial charge in [-0.3, -0.25) is 0 Å². The van der Waals surface area contributed by atoms with Crippen molar-refractivity contribution < 1.29 is 8.78 Å². The van der Waals surface area contributed by atoms with E-state index in [2.05, 4.69) is 24.3 Å². The number of rotatable bonds is 2. The minimum absolute atomic E-state index is 0.0394. The molecule has 0 nitrogen and oxygen atoms in total. The Morgan fingerprint density at radius 3 is 2.61 bits per heavy atom. The van der Waals surface area contributed by atoms with E-state index >= 15 is 0 Å². The summed E-state index contributed by atoms with van der Waals surface area (Å²) in [6.45, 7) is 2.04. The van der Waals surface area contributed by atoms with Gasteiger partial charge in [-0.2, -0.15) is 0 Å². The molecule has 3 rings (SSSR count). The molecule has 98 valence electrons. The fourth-order valence-corrected chi connectivity index (χ4v) is 3.57. The molecule has 0 aliphatic heterocycles. The Kier molecular flexibility index (Phi) is 2.72. The molecule has 0 heterocycles. The van der Waals surface area contributed by atoms with Crippen molar-refractivity contribution in [2.24, 2.45) is 17.3 Å². The lowest BCUT2D eigenvalue weighted by Crippen LogP contribution is -2.29. The monoisotopic (exact) mass is 250 g/mol. The van der Waals surface area contributed by atoms with Gasteiger partial charge in [0.05, 0.1) is 0 Å². The minimum Gasteiger partial charge on any atom is -0.207 e. The van der Waals surface area contributed by atoms with Crippen molar-refractivity contribution in [2.75, 3.05) is 0 Å². The summed E-state index contributed by atoms with van der Waals surface area (Å²) in [5.41, 5.74) is 1.46. The van der Waals surface area contributed by atoms with Crippen LogP contribution < -0.4 is 0 Å². The second kappa shape index (κ2) is 4.04. The van der Waals surface area contributed by atoms with E-state index in [1.165, 1.54) is 18.4 Å². The van der Waals surface area contributed by atoms with E-state index in [1.54, 1.807) is 0 Å². The Morgan fingerprint density at radius 1 is 1.22 bits per heavy atom. The van der Waals surface area contributed by atoms with E-state index in [0.29, 0.717) is 0 Å². The van der Waals surface area contributed by atoms with E-state index < -0.39 is 5.92 Å². The highest BCUT2D eigenvalue weighted by molar-refractivity contribution is 5.39. The standard InChI is InChI=1S/C16H20F2/c1-2-5-15(6-7-15)14-4-3-12-8-13(9-14)11-16(17,18)10-12/h2-5,9,12-13H,6-8,10-11H2,1H3. The zero-order chi connectivity index (χ0) is 12.8. The molecule has 0 aromatic rings. The van der Waals surface area contributed by atoms with Crippen molar-refractivity contribution in [1.29, 1.82) is 0 Å². The zero-order valence-electron chi connectivity index (χ0n) is 10.8. The van der Waals surface area contributed by atoms with Crippen LogP contribution in [-0.4, -0.2) is 5.92 Å². The highest BCUT2D eigenvalue weighted by Gasteiger charge is 2.45. The van der Waals surface area contributed by atoms with E-state index in [4.69, 9.17) is 0 Å². The third-order valence-electron chi connectivity index (χ3n) is 4.54. The van der Waals surface area contributed by atoms with Crippen LogP contribution in [0.2, 0.25) is 0 Å². The van der Waals surface area contributed by atoms with Crippen molar-refractivity contribution in [2.45, 2.75) is 45.0 Å². The molecule has 0 spiro atoms. The summed E-state index contributed by atoms with van der Waals surface area (Å²) in [6.07, 6.45) is 13.9. The SMILES string of the molecule is CC=CC1(C2=CC3CC(C=C2)CC(F)(F)C3)CC1. The molecule has 2 fully saturated rings. The summed E-state index contributed by atoms with van der Waals surface area (Å²) in [5, 5.41) is 0. The molecule has 2 bridgehead atoms. The molecule has 2 heteroatoms. The van der Waals surface area contributed by atoms with Crippen LogP contribution in [0.4, 0.5) is 8.78 Å². The van der Waals surface area contributed by atoms with Crippen LogP contribution in [0.3, 0.4) is 0 Å². The first-order valence-corrected chi connectivity index (χ1v) is 6.95. The van der Waals surface area contributed by atoms with Crippen molar-refractivity contribution in [3.63, 3.8) is 0 Å². The van der Waals surface area contributed by atoms with Gasteiger partial charge in [0.2, 0.25) is 5.92 Å². The number of halogens is 2. The number of fused-ring (bicyclic) bond motifs is 2. The first-order valence-electron chi connectivity index (χ1n) is 6.95. The van der Waals surface area contributed by atoms with Crippen LogP contribution >= 0.6 is 0 Å². The first kappa shape index (κ1) is 12.1. The maximum absolute atomic E-state index is 13.6. The molecule has 0 N–H and O–H groups in total. The molecule has 0 saturated heterocycles. The number of hydrogen-bond acceptors (Lipinski definition) is 0. The maximum Gasteiger partial charge on any atom is 0.249 e. The second-order valence-electron chi connectivity index (χ2n) is 6.16.